The van der Waals surface area contributed by atoms with Crippen LogP contribution in [0.5, 0.6) is 11.5 Å². The highest BCUT2D eigenvalue weighted by Gasteiger charge is 2.20. The second-order valence-electron chi connectivity index (χ2n) is 11.6. The van der Waals surface area contributed by atoms with Crippen molar-refractivity contribution in [2.24, 2.45) is 0 Å². The van der Waals surface area contributed by atoms with E-state index in [0.717, 1.165) is 34.2 Å². The summed E-state index contributed by atoms with van der Waals surface area (Å²) in [5.41, 5.74) is 4.22. The third-order valence-corrected chi connectivity index (χ3v) is 8.93. The van der Waals surface area contributed by atoms with Crippen LogP contribution in [0.2, 0.25) is 0 Å². The van der Waals surface area contributed by atoms with E-state index in [1.807, 2.05) is 64.8 Å². The lowest BCUT2D eigenvalue weighted by atomic mass is 9.93. The van der Waals surface area contributed by atoms with Crippen LogP contribution in [-0.2, 0) is 5.41 Å². The van der Waals surface area contributed by atoms with Gasteiger partial charge in [-0.25, -0.2) is 9.67 Å². The number of fused-ring (bicyclic) bond motifs is 7. The molecule has 0 amide bonds. The number of aromatic nitrogens is 4. The van der Waals surface area contributed by atoms with Gasteiger partial charge >= 0.3 is 0 Å². The van der Waals surface area contributed by atoms with E-state index >= 15 is 0 Å². The summed E-state index contributed by atoms with van der Waals surface area (Å²) < 4.78 is 13.2. The molecule has 0 radical (unpaired) electrons. The number of hydrogen-bond donors (Lipinski definition) is 0. The van der Waals surface area contributed by atoms with Crippen molar-refractivity contribution in [3.05, 3.63) is 121 Å². The lowest BCUT2D eigenvalue weighted by molar-refractivity contribution is 0.482. The van der Waals surface area contributed by atoms with Crippen LogP contribution in [0.1, 0.15) is 26.5 Å². The smallest absolute Gasteiger partial charge is 0.137 e. The largest absolute Gasteiger partial charge is 0.457 e. The first-order valence-electron chi connectivity index (χ1n) is 14.1. The maximum atomic E-state index is 6.48. The van der Waals surface area contributed by atoms with Crippen LogP contribution in [-0.4, -0.2) is 19.3 Å². The Morgan fingerprint density at radius 1 is 0.714 bits per heavy atom. The summed E-state index contributed by atoms with van der Waals surface area (Å²) in [6.45, 7) is 6.52. The highest BCUT2D eigenvalue weighted by atomic mass is 32.1. The van der Waals surface area contributed by atoms with Crippen molar-refractivity contribution in [2.75, 3.05) is 0 Å². The molecule has 0 N–H and O–H groups in total. The van der Waals surface area contributed by atoms with Gasteiger partial charge in [-0.05, 0) is 54.6 Å². The zero-order chi connectivity index (χ0) is 28.4. The molecule has 8 rings (SSSR count). The third kappa shape index (κ3) is 3.98. The van der Waals surface area contributed by atoms with Crippen molar-refractivity contribution in [2.45, 2.75) is 26.2 Å². The highest BCUT2D eigenvalue weighted by molar-refractivity contribution is 7.26. The van der Waals surface area contributed by atoms with Crippen LogP contribution in [0.15, 0.2) is 116 Å². The molecule has 204 valence electrons. The maximum Gasteiger partial charge on any atom is 0.137 e. The predicted octanol–water partition coefficient (Wildman–Crippen LogP) is 9.82. The molecule has 4 aromatic carbocycles. The minimum atomic E-state index is -0.0122. The molecule has 0 saturated carbocycles. The molecule has 0 aliphatic rings. The van der Waals surface area contributed by atoms with Crippen molar-refractivity contribution >= 4 is 53.3 Å². The Kier molecular flexibility index (Phi) is 5.49. The van der Waals surface area contributed by atoms with E-state index < -0.39 is 0 Å². The van der Waals surface area contributed by atoms with Crippen molar-refractivity contribution in [3.8, 4) is 23.0 Å². The number of nitrogens with zero attached hydrogens (tertiary/aromatic N) is 4. The number of benzene rings is 4. The molecule has 8 aromatic rings. The van der Waals surface area contributed by atoms with E-state index in [1.54, 1.807) is 0 Å². The summed E-state index contributed by atoms with van der Waals surface area (Å²) in [4.78, 5) is 4.79. The third-order valence-electron chi connectivity index (χ3n) is 7.79. The molecule has 0 unspecified atom stereocenters. The second kappa shape index (κ2) is 9.29. The van der Waals surface area contributed by atoms with Gasteiger partial charge in [-0.15, -0.1) is 11.3 Å². The number of hydrogen-bond acceptors (Lipinski definition) is 4. The van der Waals surface area contributed by atoms with Crippen LogP contribution in [0, 0.1) is 0 Å². The van der Waals surface area contributed by atoms with Crippen LogP contribution in [0.3, 0.4) is 0 Å². The molecule has 0 aliphatic heterocycles. The van der Waals surface area contributed by atoms with Gasteiger partial charge in [0, 0.05) is 60.9 Å². The van der Waals surface area contributed by atoms with Gasteiger partial charge in [0.2, 0.25) is 0 Å². The van der Waals surface area contributed by atoms with E-state index in [2.05, 4.69) is 92.1 Å². The molecule has 0 aliphatic carbocycles. The van der Waals surface area contributed by atoms with E-state index in [-0.39, 0.29) is 5.41 Å². The zero-order valence-corrected chi connectivity index (χ0v) is 24.4. The zero-order valence-electron chi connectivity index (χ0n) is 23.6. The first-order valence-corrected chi connectivity index (χ1v) is 14.9. The van der Waals surface area contributed by atoms with E-state index in [0.29, 0.717) is 0 Å². The molecule has 4 aromatic heterocycles. The molecule has 0 fully saturated rings. The normalized spacial score (nSPS) is 12.2. The van der Waals surface area contributed by atoms with E-state index in [1.165, 1.54) is 36.5 Å². The Hall–Kier alpha value is -4.94. The van der Waals surface area contributed by atoms with Gasteiger partial charge in [-0.1, -0.05) is 57.2 Å². The SMILES string of the molecule is CC(C)(C)c1ccn(-c2cccc(Oc3ccc4c5ccc6sc7ccccc7c6c5n(-c5ccccn5)c4c3)c2)n1. The minimum Gasteiger partial charge on any atom is -0.457 e. The lowest BCUT2D eigenvalue weighted by Gasteiger charge is -2.14. The Balaban J connectivity index is 1.29. The summed E-state index contributed by atoms with van der Waals surface area (Å²) >= 11 is 1.83. The molecule has 0 bridgehead atoms. The van der Waals surface area contributed by atoms with Gasteiger partial charge in [-0.2, -0.15) is 5.10 Å². The van der Waals surface area contributed by atoms with Gasteiger partial charge in [-0.3, -0.25) is 4.57 Å². The van der Waals surface area contributed by atoms with Gasteiger partial charge in [0.1, 0.15) is 17.3 Å². The quantitative estimate of drug-likeness (QED) is 0.214. The summed E-state index contributed by atoms with van der Waals surface area (Å²) in [6, 6.07) is 35.7. The maximum absolute atomic E-state index is 6.48. The Morgan fingerprint density at radius 3 is 2.38 bits per heavy atom. The van der Waals surface area contributed by atoms with Gasteiger partial charge < -0.3 is 4.74 Å². The molecule has 0 atom stereocenters. The Morgan fingerprint density at radius 2 is 1.55 bits per heavy atom. The molecule has 4 heterocycles. The summed E-state index contributed by atoms with van der Waals surface area (Å²) in [5.74, 6) is 2.40. The molecular weight excluding hydrogens is 536 g/mol. The van der Waals surface area contributed by atoms with Crippen molar-refractivity contribution in [1.82, 2.24) is 19.3 Å². The number of thiophene rings is 1. The topological polar surface area (TPSA) is 44.9 Å². The molecule has 42 heavy (non-hydrogen) atoms. The predicted molar refractivity (Wildman–Crippen MR) is 174 cm³/mol. The van der Waals surface area contributed by atoms with Crippen LogP contribution >= 0.6 is 11.3 Å². The minimum absolute atomic E-state index is 0.0122. The Bertz CT molecular complexity index is 2270. The molecule has 0 saturated heterocycles. The van der Waals surface area contributed by atoms with E-state index in [9.17, 15) is 0 Å². The van der Waals surface area contributed by atoms with Crippen LogP contribution in [0.25, 0.3) is 53.5 Å². The number of rotatable bonds is 4. The molecule has 5 nitrogen and oxygen atoms in total. The first-order chi connectivity index (χ1) is 20.4. The van der Waals surface area contributed by atoms with Crippen LogP contribution < -0.4 is 4.74 Å². The lowest BCUT2D eigenvalue weighted by Crippen LogP contribution is -2.12. The summed E-state index contributed by atoms with van der Waals surface area (Å²) in [5, 5.41) is 9.70. The highest BCUT2D eigenvalue weighted by Crippen LogP contribution is 2.43. The van der Waals surface area contributed by atoms with Gasteiger partial charge in [0.15, 0.2) is 0 Å². The number of ether oxygens (including phenoxy) is 1. The van der Waals surface area contributed by atoms with Gasteiger partial charge in [0.25, 0.3) is 0 Å². The Labute approximate surface area is 247 Å². The second-order valence-corrected chi connectivity index (χ2v) is 12.7. The summed E-state index contributed by atoms with van der Waals surface area (Å²) in [7, 11) is 0. The molecule has 6 heteroatoms. The monoisotopic (exact) mass is 564 g/mol. The van der Waals surface area contributed by atoms with Crippen molar-refractivity contribution in [3.63, 3.8) is 0 Å². The van der Waals surface area contributed by atoms with E-state index in [4.69, 9.17) is 14.8 Å². The average molecular weight is 565 g/mol. The fourth-order valence-electron chi connectivity index (χ4n) is 5.77. The summed E-state index contributed by atoms with van der Waals surface area (Å²) in [6.07, 6.45) is 3.86. The fourth-order valence-corrected chi connectivity index (χ4v) is 6.88. The average Bonchev–Trinajstić information content (AvgIpc) is 3.72. The van der Waals surface area contributed by atoms with Crippen molar-refractivity contribution < 1.29 is 4.74 Å². The molecular formula is C36H28N4OS. The van der Waals surface area contributed by atoms with Crippen LogP contribution in [0.4, 0.5) is 0 Å². The van der Waals surface area contributed by atoms with Gasteiger partial charge in [0.05, 0.1) is 22.4 Å². The number of pyridine rings is 1. The first kappa shape index (κ1) is 24.8. The van der Waals surface area contributed by atoms with Crippen molar-refractivity contribution in [1.29, 1.82) is 0 Å². The molecule has 0 spiro atoms. The fraction of sp³-hybridized carbons (Fsp3) is 0.111. The standard InChI is InChI=1S/C36H28N4OS/c1-36(2,3)32-18-20-39(38-32)23-9-8-10-24(21-23)41-25-14-15-26-27-16-17-31-34(28-11-4-5-12-30(28)42-31)35(27)40(29(26)22-25)33-13-6-7-19-37-33/h4-22H,1-3H3.